The molecule has 0 saturated carbocycles. The number of aromatic nitrogens is 2. The number of para-hydroxylation sites is 1. The Kier molecular flexibility index (Phi) is 7.39. The molecule has 3 aliphatic heterocycles. The number of aryl methyl sites for hydroxylation is 1. The van der Waals surface area contributed by atoms with Crippen LogP contribution in [0.25, 0.3) is 11.3 Å². The zero-order valence-electron chi connectivity index (χ0n) is 23.8. The van der Waals surface area contributed by atoms with E-state index in [0.717, 1.165) is 25.9 Å². The molecular weight excluding hydrogens is 566 g/mol. The summed E-state index contributed by atoms with van der Waals surface area (Å²) in [6.07, 6.45) is 1.34. The van der Waals surface area contributed by atoms with Crippen LogP contribution in [-0.2, 0) is 11.3 Å². The van der Waals surface area contributed by atoms with E-state index >= 15 is 4.39 Å². The van der Waals surface area contributed by atoms with Gasteiger partial charge in [0, 0.05) is 36.2 Å². The number of halogens is 2. The lowest BCUT2D eigenvalue weighted by Gasteiger charge is -2.28. The fraction of sp³-hybridized carbons (Fsp3) is 0.273. The standard InChI is InChI=1S/C33H30F2N6O3/c34-24-13-5-4-11-22(24)29-26(33-41(39-29)18-15-21(44-33)19-40-16-6-7-17-40)31(42)38-30-32(43)37-28-23(12-8-14-25(28)35)27(36-30)20-9-2-1-3-10-20/h1-5,8-14,21,30H,6-7,15-19H2,(H,37,43)(H,38,42)/t21?,30-/m1/s1. The summed E-state index contributed by atoms with van der Waals surface area (Å²) in [5, 5.41) is 9.90. The van der Waals surface area contributed by atoms with E-state index in [2.05, 4.69) is 25.6 Å². The summed E-state index contributed by atoms with van der Waals surface area (Å²) in [4.78, 5) is 34.5. The van der Waals surface area contributed by atoms with Crippen LogP contribution in [0.15, 0.2) is 77.8 Å². The van der Waals surface area contributed by atoms with Crippen LogP contribution in [-0.4, -0.2) is 64.1 Å². The number of hydrogen-bond donors (Lipinski definition) is 2. The predicted molar refractivity (Wildman–Crippen MR) is 161 cm³/mol. The Balaban J connectivity index is 1.27. The van der Waals surface area contributed by atoms with Crippen molar-refractivity contribution in [2.24, 2.45) is 4.99 Å². The highest BCUT2D eigenvalue weighted by atomic mass is 19.1. The maximum absolute atomic E-state index is 15.1. The highest BCUT2D eigenvalue weighted by Gasteiger charge is 2.36. The minimum atomic E-state index is -1.43. The number of carbonyl (C=O) groups is 2. The van der Waals surface area contributed by atoms with E-state index in [9.17, 15) is 14.0 Å². The van der Waals surface area contributed by atoms with Gasteiger partial charge >= 0.3 is 0 Å². The second kappa shape index (κ2) is 11.6. The third-order valence-corrected chi connectivity index (χ3v) is 8.20. The van der Waals surface area contributed by atoms with Gasteiger partial charge in [-0.1, -0.05) is 54.6 Å². The van der Waals surface area contributed by atoms with Crippen LogP contribution in [0.5, 0.6) is 5.88 Å². The smallest absolute Gasteiger partial charge is 0.269 e. The molecule has 224 valence electrons. The van der Waals surface area contributed by atoms with Crippen molar-refractivity contribution in [1.29, 1.82) is 0 Å². The minimum absolute atomic E-state index is 0.0124. The van der Waals surface area contributed by atoms with Crippen LogP contribution in [0.4, 0.5) is 14.5 Å². The van der Waals surface area contributed by atoms with Gasteiger partial charge in [0.2, 0.25) is 12.0 Å². The summed E-state index contributed by atoms with van der Waals surface area (Å²) in [6, 6.07) is 19.5. The zero-order chi connectivity index (χ0) is 30.2. The largest absolute Gasteiger partial charge is 0.472 e. The van der Waals surface area contributed by atoms with E-state index in [0.29, 0.717) is 36.3 Å². The van der Waals surface area contributed by atoms with E-state index in [1.54, 1.807) is 53.2 Å². The number of nitrogens with one attached hydrogen (secondary N) is 2. The van der Waals surface area contributed by atoms with Crippen LogP contribution in [0.1, 0.15) is 40.7 Å². The maximum Gasteiger partial charge on any atom is 0.269 e. The monoisotopic (exact) mass is 596 g/mol. The van der Waals surface area contributed by atoms with Gasteiger partial charge in [-0.3, -0.25) is 14.5 Å². The molecule has 11 heteroatoms. The summed E-state index contributed by atoms with van der Waals surface area (Å²) < 4.78 is 38.0. The predicted octanol–water partition coefficient (Wildman–Crippen LogP) is 4.62. The molecule has 1 saturated heterocycles. The first-order chi connectivity index (χ1) is 21.5. The van der Waals surface area contributed by atoms with Crippen LogP contribution < -0.4 is 15.4 Å². The Morgan fingerprint density at radius 1 is 0.932 bits per heavy atom. The fourth-order valence-electron chi connectivity index (χ4n) is 6.05. The van der Waals surface area contributed by atoms with Crippen molar-refractivity contribution in [1.82, 2.24) is 20.0 Å². The van der Waals surface area contributed by atoms with Crippen LogP contribution in [0, 0.1) is 11.6 Å². The van der Waals surface area contributed by atoms with Crippen molar-refractivity contribution in [2.75, 3.05) is 25.0 Å². The van der Waals surface area contributed by atoms with Crippen molar-refractivity contribution in [2.45, 2.75) is 38.1 Å². The lowest BCUT2D eigenvalue weighted by Crippen LogP contribution is -2.43. The number of rotatable bonds is 6. The van der Waals surface area contributed by atoms with Crippen molar-refractivity contribution in [3.05, 3.63) is 101 Å². The third kappa shape index (κ3) is 5.24. The molecule has 4 aromatic rings. The molecule has 44 heavy (non-hydrogen) atoms. The lowest BCUT2D eigenvalue weighted by molar-refractivity contribution is -0.117. The number of amides is 2. The Morgan fingerprint density at radius 2 is 1.66 bits per heavy atom. The van der Waals surface area contributed by atoms with E-state index in [-0.39, 0.29) is 34.5 Å². The summed E-state index contributed by atoms with van der Waals surface area (Å²) in [7, 11) is 0. The Morgan fingerprint density at radius 3 is 2.45 bits per heavy atom. The first-order valence-corrected chi connectivity index (χ1v) is 14.7. The SMILES string of the molecule is O=C(N[C@H]1N=C(c2ccccc2)c2cccc(F)c2NC1=O)c1c(-c2ccccc2F)nn2c1OC(CN1CCCC1)CC2. The highest BCUT2D eigenvalue weighted by Crippen LogP contribution is 2.36. The molecule has 2 amide bonds. The van der Waals surface area contributed by atoms with Crippen molar-refractivity contribution in [3.63, 3.8) is 0 Å². The fourth-order valence-corrected chi connectivity index (χ4v) is 6.05. The molecular formula is C33H30F2N6O3. The molecule has 1 fully saturated rings. The van der Waals surface area contributed by atoms with E-state index in [4.69, 9.17) is 4.74 Å². The van der Waals surface area contributed by atoms with Crippen molar-refractivity contribution < 1.29 is 23.1 Å². The van der Waals surface area contributed by atoms with Crippen LogP contribution >= 0.6 is 0 Å². The van der Waals surface area contributed by atoms with Gasteiger partial charge in [0.05, 0.1) is 11.4 Å². The molecule has 0 spiro atoms. The molecule has 3 aliphatic rings. The number of hydrogen-bond acceptors (Lipinski definition) is 6. The van der Waals surface area contributed by atoms with E-state index in [1.165, 1.54) is 18.2 Å². The summed E-state index contributed by atoms with van der Waals surface area (Å²) >= 11 is 0. The van der Waals surface area contributed by atoms with Gasteiger partial charge in [0.25, 0.3) is 11.8 Å². The first-order valence-electron chi connectivity index (χ1n) is 14.7. The molecule has 2 atom stereocenters. The number of benzodiazepines with no additional fused rings is 1. The molecule has 1 aromatic heterocycles. The van der Waals surface area contributed by atoms with E-state index < -0.39 is 29.6 Å². The third-order valence-electron chi connectivity index (χ3n) is 8.20. The van der Waals surface area contributed by atoms with Gasteiger partial charge in [-0.2, -0.15) is 5.10 Å². The number of likely N-dealkylation sites (tertiary alicyclic amines) is 1. The number of fused-ring (bicyclic) bond motifs is 2. The Labute approximate surface area is 252 Å². The molecule has 0 bridgehead atoms. The van der Waals surface area contributed by atoms with Crippen molar-refractivity contribution in [3.8, 4) is 17.1 Å². The highest BCUT2D eigenvalue weighted by molar-refractivity contribution is 6.20. The average Bonchev–Trinajstić information content (AvgIpc) is 3.65. The van der Waals surface area contributed by atoms with Gasteiger partial charge < -0.3 is 15.4 Å². The average molecular weight is 597 g/mol. The Hall–Kier alpha value is -4.90. The van der Waals surface area contributed by atoms with Crippen molar-refractivity contribution >= 4 is 23.2 Å². The van der Waals surface area contributed by atoms with Gasteiger partial charge in [-0.15, -0.1) is 0 Å². The van der Waals surface area contributed by atoms with Gasteiger partial charge in [0.1, 0.15) is 29.0 Å². The number of nitrogens with zero attached hydrogens (tertiary/aromatic N) is 4. The number of carbonyl (C=O) groups excluding carboxylic acids is 2. The van der Waals surface area contributed by atoms with Gasteiger partial charge in [0.15, 0.2) is 0 Å². The molecule has 1 unspecified atom stereocenters. The molecule has 0 aliphatic carbocycles. The zero-order valence-corrected chi connectivity index (χ0v) is 23.8. The lowest BCUT2D eigenvalue weighted by atomic mass is 10.0. The molecule has 7 rings (SSSR count). The molecule has 4 heterocycles. The Bertz CT molecular complexity index is 1770. The second-order valence-corrected chi connectivity index (χ2v) is 11.1. The first kappa shape index (κ1) is 27.9. The molecule has 3 aromatic carbocycles. The quantitative estimate of drug-likeness (QED) is 0.339. The number of aliphatic imine (C=N–C) groups is 1. The van der Waals surface area contributed by atoms with Gasteiger partial charge in [-0.25, -0.2) is 18.5 Å². The second-order valence-electron chi connectivity index (χ2n) is 11.1. The molecule has 9 nitrogen and oxygen atoms in total. The number of ether oxygens (including phenoxy) is 1. The van der Waals surface area contributed by atoms with Gasteiger partial charge in [-0.05, 0) is 44.1 Å². The molecule has 0 radical (unpaired) electrons. The van der Waals surface area contributed by atoms with Crippen LogP contribution in [0.2, 0.25) is 0 Å². The molecule has 2 N–H and O–H groups in total. The number of benzene rings is 3. The van der Waals surface area contributed by atoms with E-state index in [1.807, 2.05) is 6.07 Å². The number of anilines is 1. The van der Waals surface area contributed by atoms with Crippen LogP contribution in [0.3, 0.4) is 0 Å². The summed E-state index contributed by atoms with van der Waals surface area (Å²) in [6.45, 7) is 3.18. The summed E-state index contributed by atoms with van der Waals surface area (Å²) in [5.41, 5.74) is 1.57. The topological polar surface area (TPSA) is 101 Å². The normalized spacial score (nSPS) is 19.7. The minimum Gasteiger partial charge on any atom is -0.472 e. The maximum atomic E-state index is 15.1. The summed E-state index contributed by atoms with van der Waals surface area (Å²) in [5.74, 6) is -2.40.